The number of aromatic hydroxyl groups is 1. The van der Waals surface area contributed by atoms with Gasteiger partial charge >= 0.3 is 100 Å². The SMILES string of the molecule is Cc1cc(Br)cc(C)c1N=Cc1ccccc1O.Cc1ccc(C(C)C)cc1.[Cl][Ru]=[CH]c1ccccc1.[Cl][Ru][Cl]. The number of aryl methyl sites for hydroxylation is 3. The van der Waals surface area contributed by atoms with E-state index < -0.39 is 0 Å². The van der Waals surface area contributed by atoms with Gasteiger partial charge in [-0.3, -0.25) is 4.99 Å². The van der Waals surface area contributed by atoms with Crippen LogP contribution in [0.3, 0.4) is 0 Å². The third-order valence-corrected chi connectivity index (χ3v) is 7.11. The zero-order valence-electron chi connectivity index (χ0n) is 23.0. The number of para-hydroxylation sites is 1. The summed E-state index contributed by atoms with van der Waals surface area (Å²) in [6.45, 7) is 10.6. The van der Waals surface area contributed by atoms with Crippen LogP contribution in [0, 0.1) is 20.8 Å². The van der Waals surface area contributed by atoms with Gasteiger partial charge in [-0.1, -0.05) is 71.7 Å². The molecule has 0 bridgehead atoms. The molecule has 4 aromatic carbocycles. The average molecular weight is 837 g/mol. The Morgan fingerprint density at radius 3 is 1.82 bits per heavy atom. The molecule has 8 heteroatoms. The zero-order chi connectivity index (χ0) is 29.9. The monoisotopic (exact) mass is 836 g/mol. The van der Waals surface area contributed by atoms with Crippen LogP contribution in [0.2, 0.25) is 0 Å². The summed E-state index contributed by atoms with van der Waals surface area (Å²) in [6, 6.07) is 30.1. The third-order valence-electron chi connectivity index (χ3n) is 5.43. The molecule has 217 valence electrons. The fourth-order valence-corrected chi connectivity index (χ4v) is 5.12. The predicted molar refractivity (Wildman–Crippen MR) is 173 cm³/mol. The fourth-order valence-electron chi connectivity index (χ4n) is 3.35. The van der Waals surface area contributed by atoms with Crippen molar-refractivity contribution in [3.63, 3.8) is 0 Å². The third kappa shape index (κ3) is 15.2. The number of phenols is 1. The standard InChI is InChI=1S/C15H14BrNO.C10H14.C7H6.3ClH.2Ru/c1-10-7-13(16)8-11(2)15(10)17-9-12-5-3-4-6-14(12)18;1-8(2)10-6-4-9(3)5-7-10;1-7-5-3-2-4-6-7;;;;;/h3-9,18H,1-2H3;4-8H,1-3H3;1-6H;3*1H;;/q;;;;;;+1;+2/p-3. The molecule has 1 N–H and O–H groups in total. The van der Waals surface area contributed by atoms with Crippen LogP contribution >= 0.6 is 45.0 Å². The van der Waals surface area contributed by atoms with Crippen LogP contribution in [-0.2, 0) is 30.8 Å². The molecular weight excluding hydrogens is 803 g/mol. The minimum absolute atomic E-state index is 0.0765. The second-order valence-electron chi connectivity index (χ2n) is 8.91. The molecule has 0 saturated carbocycles. The minimum atomic E-state index is -0.346. The Balaban J connectivity index is 0.000000308. The van der Waals surface area contributed by atoms with Gasteiger partial charge in [0.1, 0.15) is 5.75 Å². The normalized spacial score (nSPS) is 10.7. The van der Waals surface area contributed by atoms with E-state index in [1.807, 2.05) is 56.3 Å². The first-order valence-corrected chi connectivity index (χ1v) is 20.7. The first kappa shape index (κ1) is 36.8. The number of aliphatic imine (C=N–C) groups is 1. The van der Waals surface area contributed by atoms with Crippen molar-refractivity contribution in [2.75, 3.05) is 0 Å². The molecule has 0 heterocycles. The number of hydrogen-bond acceptors (Lipinski definition) is 2. The van der Waals surface area contributed by atoms with Gasteiger partial charge in [0.05, 0.1) is 5.69 Å². The average Bonchev–Trinajstić information content (AvgIpc) is 2.91. The molecule has 0 aliphatic heterocycles. The van der Waals surface area contributed by atoms with Crippen molar-refractivity contribution < 1.29 is 35.9 Å². The number of phenolic OH excluding ortho intramolecular Hbond substituents is 1. The van der Waals surface area contributed by atoms with Gasteiger partial charge < -0.3 is 5.11 Å². The molecule has 0 fully saturated rings. The topological polar surface area (TPSA) is 32.6 Å². The van der Waals surface area contributed by atoms with Crippen molar-refractivity contribution >= 4 is 61.5 Å². The second kappa shape index (κ2) is 21.5. The Morgan fingerprint density at radius 2 is 1.32 bits per heavy atom. The molecule has 0 saturated heterocycles. The van der Waals surface area contributed by atoms with E-state index in [1.165, 1.54) is 16.7 Å². The maximum atomic E-state index is 9.67. The van der Waals surface area contributed by atoms with Crippen LogP contribution in [-0.4, -0.2) is 15.9 Å². The van der Waals surface area contributed by atoms with E-state index in [4.69, 9.17) is 29.1 Å². The molecule has 2 nitrogen and oxygen atoms in total. The molecule has 4 rings (SSSR count). The molecule has 0 unspecified atom stereocenters. The summed E-state index contributed by atoms with van der Waals surface area (Å²) in [6.07, 6.45) is 1.69. The Morgan fingerprint density at radius 1 is 0.800 bits per heavy atom. The molecule has 0 spiro atoms. The number of rotatable bonds is 4. The van der Waals surface area contributed by atoms with Crippen LogP contribution in [0.5, 0.6) is 5.75 Å². The van der Waals surface area contributed by atoms with E-state index in [2.05, 4.69) is 82.7 Å². The van der Waals surface area contributed by atoms with Crippen molar-refractivity contribution in [1.82, 2.24) is 0 Å². The summed E-state index contributed by atoms with van der Waals surface area (Å²) in [5.74, 6) is 0.897. The molecule has 0 radical (unpaired) electrons. The van der Waals surface area contributed by atoms with E-state index in [9.17, 15) is 5.11 Å². The molecule has 0 aliphatic carbocycles. The molecule has 0 amide bonds. The van der Waals surface area contributed by atoms with Crippen molar-refractivity contribution in [3.8, 4) is 5.75 Å². The van der Waals surface area contributed by atoms with E-state index >= 15 is 0 Å². The van der Waals surface area contributed by atoms with Gasteiger partial charge in [-0.2, -0.15) is 0 Å². The number of halogens is 4. The van der Waals surface area contributed by atoms with E-state index in [1.54, 1.807) is 18.3 Å². The summed E-state index contributed by atoms with van der Waals surface area (Å²) < 4.78 is 3.12. The van der Waals surface area contributed by atoms with Gasteiger partial charge in [-0.15, -0.1) is 0 Å². The first-order valence-electron chi connectivity index (χ1n) is 12.2. The summed E-state index contributed by atoms with van der Waals surface area (Å²) >= 11 is 3.04. The Bertz CT molecular complexity index is 1310. The number of nitrogens with zero attached hydrogens (tertiary/aromatic N) is 1. The second-order valence-corrected chi connectivity index (χ2v) is 14.3. The van der Waals surface area contributed by atoms with Crippen LogP contribution in [0.1, 0.15) is 53.1 Å². The zero-order valence-corrected chi connectivity index (χ0v) is 30.3. The van der Waals surface area contributed by atoms with E-state index in [0.29, 0.717) is 5.92 Å². The molecule has 0 aromatic heterocycles. The summed E-state index contributed by atoms with van der Waals surface area (Å²) in [7, 11) is 15.3. The molecule has 0 atom stereocenters. The Kier molecular flexibility index (Phi) is 19.8. The van der Waals surface area contributed by atoms with Crippen LogP contribution in [0.25, 0.3) is 0 Å². The molecule has 0 aliphatic rings. The van der Waals surface area contributed by atoms with E-state index in [-0.39, 0.29) is 36.6 Å². The number of benzene rings is 4. The summed E-state index contributed by atoms with van der Waals surface area (Å²) in [5, 5.41) is 9.67. The van der Waals surface area contributed by atoms with E-state index in [0.717, 1.165) is 26.9 Å². The predicted octanol–water partition coefficient (Wildman–Crippen LogP) is 11.1. The quantitative estimate of drug-likeness (QED) is 0.161. The van der Waals surface area contributed by atoms with Crippen molar-refractivity contribution in [1.29, 1.82) is 0 Å². The molecule has 40 heavy (non-hydrogen) atoms. The maximum absolute atomic E-state index is 9.67. The molecule has 4 aromatic rings. The van der Waals surface area contributed by atoms with Crippen LogP contribution < -0.4 is 0 Å². The first-order chi connectivity index (χ1) is 19.1. The van der Waals surface area contributed by atoms with Gasteiger partial charge in [0, 0.05) is 16.3 Å². The number of hydrogen-bond donors (Lipinski definition) is 1. The van der Waals surface area contributed by atoms with Gasteiger partial charge in [0.25, 0.3) is 0 Å². The van der Waals surface area contributed by atoms with Crippen molar-refractivity contribution in [2.24, 2.45) is 4.99 Å². The fraction of sp³-hybridized carbons (Fsp3) is 0.188. The van der Waals surface area contributed by atoms with Gasteiger partial charge in [-0.25, -0.2) is 0 Å². The van der Waals surface area contributed by atoms with Crippen molar-refractivity contribution in [3.05, 3.63) is 129 Å². The summed E-state index contributed by atoms with van der Waals surface area (Å²) in [5.41, 5.74) is 7.86. The van der Waals surface area contributed by atoms with Gasteiger partial charge in [0.15, 0.2) is 0 Å². The Labute approximate surface area is 275 Å². The molecular formula is C32H34BrCl3NORu2. The van der Waals surface area contributed by atoms with Crippen molar-refractivity contribution in [2.45, 2.75) is 40.5 Å². The van der Waals surface area contributed by atoms with Crippen LogP contribution in [0.4, 0.5) is 5.69 Å². The van der Waals surface area contributed by atoms with Gasteiger partial charge in [-0.05, 0) is 67.6 Å². The Hall–Kier alpha value is -1.18. The van der Waals surface area contributed by atoms with Crippen LogP contribution in [0.15, 0.2) is 100 Å². The van der Waals surface area contributed by atoms with Gasteiger partial charge in [0.2, 0.25) is 0 Å². The summed E-state index contributed by atoms with van der Waals surface area (Å²) in [4.78, 5) is 4.47.